The third-order valence-electron chi connectivity index (χ3n) is 9.23. The van der Waals surface area contributed by atoms with Crippen LogP contribution in [0.3, 0.4) is 0 Å². The third kappa shape index (κ3) is 6.51. The van der Waals surface area contributed by atoms with Crippen molar-refractivity contribution in [3.8, 4) is 11.8 Å². The number of benzene rings is 1. The minimum absolute atomic E-state index is 0.0455. The summed E-state index contributed by atoms with van der Waals surface area (Å²) in [5.41, 5.74) is 3.84. The Morgan fingerprint density at radius 1 is 1.16 bits per heavy atom. The maximum atomic E-state index is 15.3. The van der Waals surface area contributed by atoms with E-state index in [-0.39, 0.29) is 53.5 Å². The van der Waals surface area contributed by atoms with Gasteiger partial charge in [0.2, 0.25) is 5.95 Å². The van der Waals surface area contributed by atoms with Gasteiger partial charge >= 0.3 is 0 Å². The number of nitrogen functional groups attached to an aromatic ring is 1. The summed E-state index contributed by atoms with van der Waals surface area (Å²) in [5, 5.41) is 22.2. The van der Waals surface area contributed by atoms with Crippen LogP contribution in [0.5, 0.6) is 0 Å². The highest BCUT2D eigenvalue weighted by Gasteiger charge is 2.67. The van der Waals surface area contributed by atoms with Crippen molar-refractivity contribution in [3.63, 3.8) is 0 Å². The number of hydrogen-bond donors (Lipinski definition) is 2. The second kappa shape index (κ2) is 12.5. The van der Waals surface area contributed by atoms with Gasteiger partial charge in [0.25, 0.3) is 12.3 Å². The van der Waals surface area contributed by atoms with Gasteiger partial charge in [-0.2, -0.15) is 13.9 Å². The Balaban J connectivity index is 1.33. The van der Waals surface area contributed by atoms with E-state index in [4.69, 9.17) is 22.3 Å². The number of carbonyl (C=O) groups excluding carboxylic acids is 1. The second-order valence-electron chi connectivity index (χ2n) is 13.6. The first-order valence-corrected chi connectivity index (χ1v) is 16.5. The molecule has 1 saturated carbocycles. The summed E-state index contributed by atoms with van der Waals surface area (Å²) in [7, 11) is 0. The largest absolute Gasteiger partial charge is 0.378 e. The van der Waals surface area contributed by atoms with E-state index in [2.05, 4.69) is 27.1 Å². The van der Waals surface area contributed by atoms with Crippen molar-refractivity contribution in [2.24, 2.45) is 5.92 Å². The van der Waals surface area contributed by atoms with E-state index in [0.29, 0.717) is 21.9 Å². The topological polar surface area (TPSA) is 125 Å². The number of anilines is 1. The Morgan fingerprint density at radius 3 is 2.57 bits per heavy atom. The van der Waals surface area contributed by atoms with Crippen molar-refractivity contribution in [2.45, 2.75) is 81.4 Å². The lowest BCUT2D eigenvalue weighted by Gasteiger charge is -2.24. The molecule has 3 N–H and O–H groups in total. The number of fused-ring (bicyclic) bond motifs is 4. The van der Waals surface area contributed by atoms with Crippen LogP contribution in [-0.4, -0.2) is 46.0 Å². The van der Waals surface area contributed by atoms with Crippen LogP contribution in [0.25, 0.3) is 5.57 Å². The summed E-state index contributed by atoms with van der Waals surface area (Å²) in [5.74, 6) is -2.89. The van der Waals surface area contributed by atoms with Crippen LogP contribution in [0, 0.1) is 29.4 Å². The number of alkyl halides is 5. The highest BCUT2D eigenvalue weighted by molar-refractivity contribution is 6.19. The average molecular weight is 730 g/mol. The zero-order valence-electron chi connectivity index (χ0n) is 27.1. The lowest BCUT2D eigenvalue weighted by molar-refractivity contribution is -0.120. The van der Waals surface area contributed by atoms with E-state index in [1.54, 1.807) is 18.2 Å². The molecule has 4 heterocycles. The summed E-state index contributed by atoms with van der Waals surface area (Å²) >= 11 is 6.51. The molecule has 0 amide bonds. The molecule has 16 heteroatoms. The maximum absolute atomic E-state index is 15.3. The van der Waals surface area contributed by atoms with Gasteiger partial charge in [0.05, 0.1) is 5.69 Å². The molecule has 1 unspecified atom stereocenters. The van der Waals surface area contributed by atoms with Crippen molar-refractivity contribution >= 4 is 28.9 Å². The van der Waals surface area contributed by atoms with E-state index in [1.165, 1.54) is 18.4 Å². The Hall–Kier alpha value is -4.68. The van der Waals surface area contributed by atoms with Gasteiger partial charge in [0, 0.05) is 47.4 Å². The number of Topliss-reactive ketones (excluding diaryl/α,β-unsaturated/α-hetero) is 1. The molecule has 1 fully saturated rings. The molecule has 266 valence electrons. The Bertz CT molecular complexity index is 2140. The van der Waals surface area contributed by atoms with Crippen molar-refractivity contribution in [2.75, 3.05) is 5.73 Å². The first kappa shape index (κ1) is 34.8. The van der Waals surface area contributed by atoms with Crippen LogP contribution in [0.1, 0.15) is 102 Å². The fourth-order valence-corrected chi connectivity index (χ4v) is 7.35. The van der Waals surface area contributed by atoms with E-state index in [0.717, 1.165) is 12.1 Å². The van der Waals surface area contributed by atoms with Gasteiger partial charge in [-0.3, -0.25) is 14.0 Å². The van der Waals surface area contributed by atoms with Crippen LogP contribution in [0.15, 0.2) is 36.4 Å². The molecule has 4 aromatic rings. The second-order valence-corrected chi connectivity index (χ2v) is 14.1. The number of hydrogen-bond acceptors (Lipinski definition) is 7. The molecule has 7 rings (SSSR count). The summed E-state index contributed by atoms with van der Waals surface area (Å²) in [6.07, 6.45) is -1.59. The van der Waals surface area contributed by atoms with E-state index < -0.39 is 83.0 Å². The van der Waals surface area contributed by atoms with Gasteiger partial charge in [-0.1, -0.05) is 23.6 Å². The molecular weight excluding hydrogens is 700 g/mol. The molecule has 0 saturated heterocycles. The van der Waals surface area contributed by atoms with Gasteiger partial charge in [-0.05, 0) is 68.4 Å². The smallest absolute Gasteiger partial charge is 0.293 e. The molecule has 3 aliphatic rings. The fraction of sp³-hybridized carbons (Fsp3) is 0.400. The summed E-state index contributed by atoms with van der Waals surface area (Å²) in [4.78, 5) is 18.6. The van der Waals surface area contributed by atoms with Crippen LogP contribution < -0.4 is 5.73 Å². The lowest BCUT2D eigenvalue weighted by Crippen LogP contribution is -2.24. The minimum atomic E-state index is -3.44. The van der Waals surface area contributed by atoms with Gasteiger partial charge in [0.1, 0.15) is 46.4 Å². The first-order chi connectivity index (χ1) is 24.0. The average Bonchev–Trinajstić information content (AvgIpc) is 3.53. The van der Waals surface area contributed by atoms with Gasteiger partial charge in [-0.25, -0.2) is 22.5 Å². The number of aliphatic hydroxyl groups is 1. The van der Waals surface area contributed by atoms with Gasteiger partial charge in [0.15, 0.2) is 11.6 Å². The number of pyridine rings is 1. The van der Waals surface area contributed by atoms with Crippen molar-refractivity contribution < 1.29 is 36.2 Å². The molecule has 1 aromatic carbocycles. The van der Waals surface area contributed by atoms with Gasteiger partial charge < -0.3 is 10.8 Å². The molecule has 0 radical (unpaired) electrons. The van der Waals surface area contributed by atoms with Crippen LogP contribution in [0.4, 0.5) is 32.3 Å². The van der Waals surface area contributed by atoms with Crippen molar-refractivity contribution in [1.29, 1.82) is 0 Å². The van der Waals surface area contributed by atoms with Crippen molar-refractivity contribution in [1.82, 2.24) is 29.5 Å². The monoisotopic (exact) mass is 729 g/mol. The Kier molecular flexibility index (Phi) is 8.53. The third-order valence-corrected chi connectivity index (χ3v) is 9.60. The summed E-state index contributed by atoms with van der Waals surface area (Å²) < 4.78 is 89.5. The Morgan fingerprint density at radius 2 is 1.88 bits per heavy atom. The predicted octanol–water partition coefficient (Wildman–Crippen LogP) is 6.56. The number of halogens is 7. The standard InChI is InChI=1S/C35H30ClF6N7O2/c1-34(2,51)8-7-20-3-4-22(23-5-6-26(36)49-32(23)45-46-33(49)43)28(44-20)17(9-16-10-18(37)13-19(38)11-16)12-21(50)15-48-30-27(29(47-48)31(39)40)24-14-25(24)35(30,41)42/h3-5,10-11,13,17,24-26,31,51H,6,9,12,14-15H2,1-2H3,(H2,43,46)/t17-,24+,25-,26?/m1/s1. The number of nitrogens with zero attached hydrogens (tertiary/aromatic N) is 6. The quantitative estimate of drug-likeness (QED) is 0.114. The maximum Gasteiger partial charge on any atom is 0.293 e. The number of aromatic nitrogens is 6. The van der Waals surface area contributed by atoms with Crippen LogP contribution in [-0.2, 0) is 23.7 Å². The highest BCUT2D eigenvalue weighted by Crippen LogP contribution is 2.68. The van der Waals surface area contributed by atoms with E-state index in [1.807, 2.05) is 0 Å². The number of allylic oxidation sites excluding steroid dienone is 1. The van der Waals surface area contributed by atoms with E-state index in [9.17, 15) is 27.5 Å². The Labute approximate surface area is 292 Å². The van der Waals surface area contributed by atoms with E-state index >= 15 is 8.78 Å². The normalized spacial score (nSPS) is 20.6. The highest BCUT2D eigenvalue weighted by atomic mass is 35.5. The van der Waals surface area contributed by atoms with Crippen molar-refractivity contribution in [3.05, 3.63) is 93.3 Å². The minimum Gasteiger partial charge on any atom is -0.378 e. The fourth-order valence-electron chi connectivity index (χ4n) is 7.07. The summed E-state index contributed by atoms with van der Waals surface area (Å²) in [6, 6.07) is 6.10. The molecule has 4 atom stereocenters. The number of ketones is 1. The number of carbonyl (C=O) groups is 1. The predicted molar refractivity (Wildman–Crippen MR) is 173 cm³/mol. The lowest BCUT2D eigenvalue weighted by atomic mass is 9.85. The zero-order valence-corrected chi connectivity index (χ0v) is 27.9. The van der Waals surface area contributed by atoms with Gasteiger partial charge in [-0.15, -0.1) is 10.2 Å². The molecule has 51 heavy (non-hydrogen) atoms. The molecule has 1 aliphatic heterocycles. The molecule has 0 spiro atoms. The molecular formula is C35H30ClF6N7O2. The molecule has 2 aliphatic carbocycles. The number of rotatable bonds is 9. The number of nitrogens with two attached hydrogens (primary N) is 1. The first-order valence-electron chi connectivity index (χ1n) is 16.1. The zero-order chi connectivity index (χ0) is 36.6. The molecule has 0 bridgehead atoms. The molecule has 3 aromatic heterocycles. The SMILES string of the molecule is CC(C)(O)C#Cc1ccc(C2=CCC(Cl)n3c(N)nnc32)c([C@@H](CC(=O)Cn2nc(C(F)F)c3c2C(F)(F)[C@@H]2C[C@H]32)Cc2cc(F)cc(F)c2)n1. The van der Waals surface area contributed by atoms with Crippen LogP contribution in [0.2, 0.25) is 0 Å². The van der Waals surface area contributed by atoms with Crippen LogP contribution >= 0.6 is 11.6 Å². The molecule has 9 nitrogen and oxygen atoms in total. The summed E-state index contributed by atoms with van der Waals surface area (Å²) in [6.45, 7) is 2.19.